The number of carbonyl (C=O) groups excluding carboxylic acids is 2. The molecular weight excluding hydrogens is 278 g/mol. The predicted octanol–water partition coefficient (Wildman–Crippen LogP) is 1.87. The minimum Gasteiger partial charge on any atom is -0.338 e. The van der Waals surface area contributed by atoms with E-state index in [9.17, 15) is 9.59 Å². The van der Waals surface area contributed by atoms with Crippen molar-refractivity contribution >= 4 is 17.5 Å². The lowest BCUT2D eigenvalue weighted by Gasteiger charge is -2.25. The molecule has 0 aliphatic carbocycles. The van der Waals surface area contributed by atoms with Crippen LogP contribution in [-0.2, 0) is 4.79 Å². The lowest BCUT2D eigenvalue weighted by atomic mass is 9.90. The largest absolute Gasteiger partial charge is 0.338 e. The number of likely N-dealkylation sites (tertiary alicyclic amines) is 1. The lowest BCUT2D eigenvalue weighted by molar-refractivity contribution is -0.118. The normalized spacial score (nSPS) is 21.0. The summed E-state index contributed by atoms with van der Waals surface area (Å²) in [5.74, 6) is -0.0306. The van der Waals surface area contributed by atoms with Gasteiger partial charge >= 0.3 is 0 Å². The van der Waals surface area contributed by atoms with Gasteiger partial charge in [0.25, 0.3) is 5.91 Å². The summed E-state index contributed by atoms with van der Waals surface area (Å²) in [5.41, 5.74) is 7.05. The third-order valence-corrected chi connectivity index (χ3v) is 4.51. The third-order valence-electron chi connectivity index (χ3n) is 4.51. The summed E-state index contributed by atoms with van der Waals surface area (Å²) in [6.07, 6.45) is 1.33. The Kier molecular flexibility index (Phi) is 4.86. The van der Waals surface area contributed by atoms with E-state index in [1.807, 2.05) is 30.0 Å². The minimum atomic E-state index is -0.0245. The first kappa shape index (κ1) is 16.5. The zero-order chi connectivity index (χ0) is 16.3. The molecule has 0 bridgehead atoms. The van der Waals surface area contributed by atoms with Gasteiger partial charge in [-0.2, -0.15) is 0 Å². The second-order valence-electron chi connectivity index (χ2n) is 6.31. The molecule has 2 amide bonds. The topological polar surface area (TPSA) is 66.6 Å². The van der Waals surface area contributed by atoms with Crippen molar-refractivity contribution in [1.29, 1.82) is 0 Å². The quantitative estimate of drug-likeness (QED) is 0.923. The number of nitrogens with zero attached hydrogens (tertiary/aromatic N) is 2. The molecule has 1 unspecified atom stereocenters. The highest BCUT2D eigenvalue weighted by Gasteiger charge is 2.36. The fraction of sp³-hybridized carbons (Fsp3) is 0.529. The molecule has 1 aliphatic rings. The molecule has 1 aromatic rings. The van der Waals surface area contributed by atoms with Crippen molar-refractivity contribution in [3.63, 3.8) is 0 Å². The van der Waals surface area contributed by atoms with Crippen LogP contribution in [0.3, 0.4) is 0 Å². The van der Waals surface area contributed by atoms with E-state index in [-0.39, 0.29) is 17.2 Å². The van der Waals surface area contributed by atoms with Crippen LogP contribution in [0.25, 0.3) is 0 Å². The number of carbonyl (C=O) groups is 2. The Hall–Kier alpha value is -1.88. The Morgan fingerprint density at radius 2 is 2.05 bits per heavy atom. The van der Waals surface area contributed by atoms with Gasteiger partial charge in [0, 0.05) is 26.6 Å². The highest BCUT2D eigenvalue weighted by molar-refractivity contribution is 6.04. The molecule has 120 valence electrons. The fourth-order valence-electron chi connectivity index (χ4n) is 2.85. The first-order valence-corrected chi connectivity index (χ1v) is 7.77. The summed E-state index contributed by atoms with van der Waals surface area (Å²) in [6.45, 7) is 5.89. The van der Waals surface area contributed by atoms with Crippen molar-refractivity contribution in [2.45, 2.75) is 26.7 Å². The molecule has 0 saturated carbocycles. The number of amides is 2. The monoisotopic (exact) mass is 303 g/mol. The van der Waals surface area contributed by atoms with Gasteiger partial charge in [0.1, 0.15) is 0 Å². The van der Waals surface area contributed by atoms with Gasteiger partial charge in [0.2, 0.25) is 5.91 Å². The number of nitrogens with two attached hydrogens (primary N) is 1. The van der Waals surface area contributed by atoms with Gasteiger partial charge in [0.05, 0.1) is 11.3 Å². The molecule has 22 heavy (non-hydrogen) atoms. The summed E-state index contributed by atoms with van der Waals surface area (Å²) in [5, 5.41) is 0. The molecule has 5 heteroatoms. The van der Waals surface area contributed by atoms with Gasteiger partial charge in [-0.15, -0.1) is 0 Å². The van der Waals surface area contributed by atoms with Gasteiger partial charge < -0.3 is 15.5 Å². The standard InChI is InChI=1S/C17H25N3O2/c1-4-15(21)19(3)14-8-6-5-7-13(14)16(22)20-10-9-17(2,11-18)12-20/h5-8H,4,9-12,18H2,1-3H3. The van der Waals surface area contributed by atoms with Gasteiger partial charge in [-0.05, 0) is 30.5 Å². The molecule has 1 fully saturated rings. The molecule has 2 rings (SSSR count). The number of hydrogen-bond donors (Lipinski definition) is 1. The number of rotatable bonds is 4. The number of hydrogen-bond acceptors (Lipinski definition) is 3. The molecule has 1 saturated heterocycles. The Labute approximate surface area is 132 Å². The molecule has 0 spiro atoms. The maximum Gasteiger partial charge on any atom is 0.255 e. The van der Waals surface area contributed by atoms with E-state index in [4.69, 9.17) is 5.73 Å². The van der Waals surface area contributed by atoms with E-state index in [0.29, 0.717) is 37.3 Å². The smallest absolute Gasteiger partial charge is 0.255 e. The summed E-state index contributed by atoms with van der Waals surface area (Å²) in [7, 11) is 1.71. The van der Waals surface area contributed by atoms with E-state index in [0.717, 1.165) is 6.42 Å². The van der Waals surface area contributed by atoms with Crippen LogP contribution in [-0.4, -0.2) is 43.4 Å². The van der Waals surface area contributed by atoms with Crippen LogP contribution in [0.1, 0.15) is 37.0 Å². The van der Waals surface area contributed by atoms with Crippen LogP contribution in [0, 0.1) is 5.41 Å². The van der Waals surface area contributed by atoms with Crippen LogP contribution >= 0.6 is 0 Å². The van der Waals surface area contributed by atoms with Crippen molar-refractivity contribution in [2.24, 2.45) is 11.1 Å². The highest BCUT2D eigenvalue weighted by Crippen LogP contribution is 2.31. The lowest BCUT2D eigenvalue weighted by Crippen LogP contribution is -2.35. The van der Waals surface area contributed by atoms with Crippen molar-refractivity contribution in [1.82, 2.24) is 4.90 Å². The van der Waals surface area contributed by atoms with E-state index >= 15 is 0 Å². The van der Waals surface area contributed by atoms with Crippen molar-refractivity contribution < 1.29 is 9.59 Å². The average Bonchev–Trinajstić information content (AvgIpc) is 2.95. The molecule has 1 aliphatic heterocycles. The Balaban J connectivity index is 2.26. The molecule has 1 aromatic carbocycles. The predicted molar refractivity (Wildman–Crippen MR) is 87.8 cm³/mol. The average molecular weight is 303 g/mol. The van der Waals surface area contributed by atoms with Crippen LogP contribution < -0.4 is 10.6 Å². The molecule has 1 heterocycles. The maximum atomic E-state index is 12.8. The van der Waals surface area contributed by atoms with Gasteiger partial charge in [-0.25, -0.2) is 0 Å². The first-order chi connectivity index (χ1) is 10.4. The second kappa shape index (κ2) is 6.48. The SMILES string of the molecule is CCC(=O)N(C)c1ccccc1C(=O)N1CCC(C)(CN)C1. The van der Waals surface area contributed by atoms with Gasteiger partial charge in [-0.1, -0.05) is 26.0 Å². The summed E-state index contributed by atoms with van der Waals surface area (Å²) in [6, 6.07) is 7.28. The Morgan fingerprint density at radius 3 is 2.64 bits per heavy atom. The summed E-state index contributed by atoms with van der Waals surface area (Å²) >= 11 is 0. The van der Waals surface area contributed by atoms with E-state index < -0.39 is 0 Å². The van der Waals surface area contributed by atoms with Crippen LogP contribution in [0.4, 0.5) is 5.69 Å². The first-order valence-electron chi connectivity index (χ1n) is 7.77. The molecular formula is C17H25N3O2. The van der Waals surface area contributed by atoms with E-state index in [2.05, 4.69) is 6.92 Å². The van der Waals surface area contributed by atoms with Crippen molar-refractivity contribution in [3.05, 3.63) is 29.8 Å². The van der Waals surface area contributed by atoms with Crippen LogP contribution in [0.5, 0.6) is 0 Å². The molecule has 5 nitrogen and oxygen atoms in total. The Bertz CT molecular complexity index is 573. The number of anilines is 1. The minimum absolute atomic E-state index is 0.00422. The Morgan fingerprint density at radius 1 is 1.36 bits per heavy atom. The van der Waals surface area contributed by atoms with Crippen LogP contribution in [0.15, 0.2) is 24.3 Å². The van der Waals surface area contributed by atoms with Crippen LogP contribution in [0.2, 0.25) is 0 Å². The molecule has 0 aromatic heterocycles. The van der Waals surface area contributed by atoms with Crippen molar-refractivity contribution in [3.8, 4) is 0 Å². The number of benzene rings is 1. The molecule has 2 N–H and O–H groups in total. The van der Waals surface area contributed by atoms with E-state index in [1.54, 1.807) is 18.0 Å². The van der Waals surface area contributed by atoms with Gasteiger partial charge in [-0.3, -0.25) is 9.59 Å². The molecule has 1 atom stereocenters. The van der Waals surface area contributed by atoms with Gasteiger partial charge in [0.15, 0.2) is 0 Å². The van der Waals surface area contributed by atoms with E-state index in [1.165, 1.54) is 0 Å². The third kappa shape index (κ3) is 3.14. The summed E-state index contributed by atoms with van der Waals surface area (Å²) in [4.78, 5) is 28.2. The zero-order valence-electron chi connectivity index (χ0n) is 13.6. The highest BCUT2D eigenvalue weighted by atomic mass is 16.2. The fourth-order valence-corrected chi connectivity index (χ4v) is 2.85. The second-order valence-corrected chi connectivity index (χ2v) is 6.31. The molecule has 0 radical (unpaired) electrons. The summed E-state index contributed by atoms with van der Waals surface area (Å²) < 4.78 is 0. The van der Waals surface area contributed by atoms with Crippen molar-refractivity contribution in [2.75, 3.05) is 31.6 Å². The number of para-hydroxylation sites is 1. The maximum absolute atomic E-state index is 12.8. The zero-order valence-corrected chi connectivity index (χ0v) is 13.6.